The Bertz CT molecular complexity index is 706. The zero-order valence-corrected chi connectivity index (χ0v) is 20.1. The summed E-state index contributed by atoms with van der Waals surface area (Å²) in [6.45, 7) is 10.5. The van der Waals surface area contributed by atoms with Crippen LogP contribution in [-0.4, -0.2) is 45.4 Å². The van der Waals surface area contributed by atoms with Crippen LogP contribution in [0.2, 0.25) is 0 Å². The molecule has 0 atom stereocenters. The largest absolute Gasteiger partial charge is 0.469 e. The van der Waals surface area contributed by atoms with Gasteiger partial charge in [-0.05, 0) is 31.0 Å². The van der Waals surface area contributed by atoms with E-state index >= 15 is 0 Å². The van der Waals surface area contributed by atoms with Crippen LogP contribution in [0.3, 0.4) is 0 Å². The van der Waals surface area contributed by atoms with Gasteiger partial charge in [-0.1, -0.05) is 42.5 Å². The van der Waals surface area contributed by atoms with E-state index in [1.165, 1.54) is 5.56 Å². The Morgan fingerprint density at radius 3 is 2.50 bits per heavy atom. The number of nitrogens with one attached hydrogen (secondary N) is 2. The van der Waals surface area contributed by atoms with Gasteiger partial charge in [0.25, 0.3) is 0 Å². The van der Waals surface area contributed by atoms with Crippen molar-refractivity contribution >= 4 is 29.9 Å². The van der Waals surface area contributed by atoms with Crippen molar-refractivity contribution in [3.8, 4) is 0 Å². The summed E-state index contributed by atoms with van der Waals surface area (Å²) in [4.78, 5) is 4.53. The van der Waals surface area contributed by atoms with Crippen LogP contribution in [0, 0.1) is 0 Å². The highest BCUT2D eigenvalue weighted by atomic mass is 127. The minimum atomic E-state index is 0. The Hall–Kier alpha value is -1.84. The summed E-state index contributed by atoms with van der Waals surface area (Å²) < 4.78 is 16.6. The maximum atomic E-state index is 5.63. The number of guanidine groups is 1. The van der Waals surface area contributed by atoms with Crippen molar-refractivity contribution in [3.63, 3.8) is 0 Å². The number of hydrogen-bond donors (Lipinski definition) is 2. The number of rotatable bonds is 14. The molecule has 0 saturated carbocycles. The summed E-state index contributed by atoms with van der Waals surface area (Å²) in [5, 5.41) is 6.66. The maximum Gasteiger partial charge on any atom is 0.191 e. The van der Waals surface area contributed by atoms with E-state index in [4.69, 9.17) is 13.9 Å². The number of ether oxygens (including phenoxy) is 2. The van der Waals surface area contributed by atoms with Crippen molar-refractivity contribution in [2.45, 2.75) is 26.4 Å². The fourth-order valence-corrected chi connectivity index (χ4v) is 2.51. The predicted octanol–water partition coefficient (Wildman–Crippen LogP) is 4.17. The third kappa shape index (κ3) is 12.7. The third-order valence-corrected chi connectivity index (χ3v) is 3.99. The summed E-state index contributed by atoms with van der Waals surface area (Å²) in [5.74, 6) is 1.74. The fourth-order valence-electron chi connectivity index (χ4n) is 2.51. The van der Waals surface area contributed by atoms with Crippen LogP contribution in [-0.2, 0) is 22.5 Å². The molecule has 2 aromatic rings. The van der Waals surface area contributed by atoms with Gasteiger partial charge in [0.2, 0.25) is 0 Å². The standard InChI is InChI=1S/C23H33N3O3.HI/c1-20(2)18-26-23(25-13-11-22-10-6-15-29-22)24-12-7-14-27-16-17-28-19-21-8-4-3-5-9-21;/h3-6,8-10,15H,1,7,11-14,16-19H2,2H3,(H2,24,25,26);1H. The van der Waals surface area contributed by atoms with Gasteiger partial charge in [0, 0.05) is 26.1 Å². The Morgan fingerprint density at radius 1 is 1.00 bits per heavy atom. The lowest BCUT2D eigenvalue weighted by Gasteiger charge is -2.12. The third-order valence-electron chi connectivity index (χ3n) is 3.99. The molecule has 0 aliphatic heterocycles. The fraction of sp³-hybridized carbons (Fsp3) is 0.435. The lowest BCUT2D eigenvalue weighted by Crippen LogP contribution is -2.39. The lowest BCUT2D eigenvalue weighted by molar-refractivity contribution is 0.0401. The van der Waals surface area contributed by atoms with Crippen molar-refractivity contribution in [2.75, 3.05) is 39.5 Å². The number of hydrogen-bond acceptors (Lipinski definition) is 4. The van der Waals surface area contributed by atoms with Crippen LogP contribution in [0.1, 0.15) is 24.7 Å². The average molecular weight is 527 g/mol. The van der Waals surface area contributed by atoms with Crippen LogP contribution in [0.5, 0.6) is 0 Å². The van der Waals surface area contributed by atoms with E-state index < -0.39 is 0 Å². The molecule has 7 heteroatoms. The molecule has 0 bridgehead atoms. The van der Waals surface area contributed by atoms with E-state index in [1.54, 1.807) is 6.26 Å². The molecule has 0 amide bonds. The van der Waals surface area contributed by atoms with Crippen molar-refractivity contribution < 1.29 is 13.9 Å². The van der Waals surface area contributed by atoms with Crippen LogP contribution < -0.4 is 10.6 Å². The zero-order chi connectivity index (χ0) is 20.6. The molecule has 30 heavy (non-hydrogen) atoms. The van der Waals surface area contributed by atoms with Gasteiger partial charge in [0.05, 0.1) is 32.6 Å². The summed E-state index contributed by atoms with van der Waals surface area (Å²) >= 11 is 0. The van der Waals surface area contributed by atoms with E-state index in [9.17, 15) is 0 Å². The lowest BCUT2D eigenvalue weighted by atomic mass is 10.2. The molecule has 0 saturated heterocycles. The molecule has 0 spiro atoms. The van der Waals surface area contributed by atoms with Gasteiger partial charge >= 0.3 is 0 Å². The first kappa shape index (κ1) is 26.2. The minimum Gasteiger partial charge on any atom is -0.469 e. The highest BCUT2D eigenvalue weighted by Crippen LogP contribution is 2.00. The van der Waals surface area contributed by atoms with E-state index in [0.29, 0.717) is 33.0 Å². The monoisotopic (exact) mass is 527 g/mol. The maximum absolute atomic E-state index is 5.63. The second kappa shape index (κ2) is 16.9. The first-order valence-electron chi connectivity index (χ1n) is 10.1. The molecule has 0 aliphatic rings. The highest BCUT2D eigenvalue weighted by molar-refractivity contribution is 14.0. The van der Waals surface area contributed by atoms with Gasteiger partial charge in [-0.2, -0.15) is 0 Å². The van der Waals surface area contributed by atoms with Crippen molar-refractivity contribution in [1.29, 1.82) is 0 Å². The normalized spacial score (nSPS) is 11.0. The second-order valence-electron chi connectivity index (χ2n) is 6.81. The average Bonchev–Trinajstić information content (AvgIpc) is 3.24. The summed E-state index contributed by atoms with van der Waals surface area (Å²) in [6, 6.07) is 14.0. The molecule has 1 aromatic carbocycles. The Morgan fingerprint density at radius 2 is 1.77 bits per heavy atom. The smallest absolute Gasteiger partial charge is 0.191 e. The first-order chi connectivity index (χ1) is 14.2. The van der Waals surface area contributed by atoms with Gasteiger partial charge < -0.3 is 24.5 Å². The van der Waals surface area contributed by atoms with E-state index in [1.807, 2.05) is 37.3 Å². The van der Waals surface area contributed by atoms with E-state index in [0.717, 1.165) is 43.2 Å². The molecule has 6 nitrogen and oxygen atoms in total. The number of furan rings is 1. The zero-order valence-electron chi connectivity index (χ0n) is 17.8. The highest BCUT2D eigenvalue weighted by Gasteiger charge is 2.00. The SMILES string of the molecule is C=C(C)CN=C(NCCCOCCOCc1ccccc1)NCCc1ccco1.I. The molecule has 0 radical (unpaired) electrons. The molecule has 0 unspecified atom stereocenters. The number of benzene rings is 1. The quantitative estimate of drug-likeness (QED) is 0.127. The molecule has 2 rings (SSSR count). The molecule has 1 heterocycles. The van der Waals surface area contributed by atoms with Gasteiger partial charge in [0.1, 0.15) is 5.76 Å². The van der Waals surface area contributed by atoms with Crippen molar-refractivity contribution in [3.05, 3.63) is 72.2 Å². The van der Waals surface area contributed by atoms with Crippen molar-refractivity contribution in [2.24, 2.45) is 4.99 Å². The van der Waals surface area contributed by atoms with Crippen LogP contribution >= 0.6 is 24.0 Å². The Balaban J connectivity index is 0.00000450. The van der Waals surface area contributed by atoms with E-state index in [2.05, 4.69) is 34.3 Å². The first-order valence-corrected chi connectivity index (χ1v) is 10.1. The Kier molecular flexibility index (Phi) is 14.8. The van der Waals surface area contributed by atoms with Crippen LogP contribution in [0.4, 0.5) is 0 Å². The summed E-state index contributed by atoms with van der Waals surface area (Å²) in [5.41, 5.74) is 2.20. The molecular formula is C23H34IN3O3. The number of nitrogens with zero attached hydrogens (tertiary/aromatic N) is 1. The van der Waals surface area contributed by atoms with Crippen molar-refractivity contribution in [1.82, 2.24) is 10.6 Å². The number of aliphatic imine (C=N–C) groups is 1. The molecule has 166 valence electrons. The van der Waals surface area contributed by atoms with Crippen LogP contribution in [0.25, 0.3) is 0 Å². The second-order valence-corrected chi connectivity index (χ2v) is 6.81. The molecule has 0 fully saturated rings. The van der Waals surface area contributed by atoms with Gasteiger partial charge in [-0.15, -0.1) is 24.0 Å². The van der Waals surface area contributed by atoms with Gasteiger partial charge in [-0.3, -0.25) is 0 Å². The summed E-state index contributed by atoms with van der Waals surface area (Å²) in [6.07, 6.45) is 3.40. The van der Waals surface area contributed by atoms with E-state index in [-0.39, 0.29) is 24.0 Å². The van der Waals surface area contributed by atoms with Gasteiger partial charge in [0.15, 0.2) is 5.96 Å². The molecule has 0 aliphatic carbocycles. The van der Waals surface area contributed by atoms with Crippen LogP contribution in [0.15, 0.2) is 70.3 Å². The summed E-state index contributed by atoms with van der Waals surface area (Å²) in [7, 11) is 0. The molecule has 1 aromatic heterocycles. The Labute approximate surface area is 197 Å². The molecular weight excluding hydrogens is 493 g/mol. The minimum absolute atomic E-state index is 0. The molecule has 2 N–H and O–H groups in total. The topological polar surface area (TPSA) is 68.0 Å². The predicted molar refractivity (Wildman–Crippen MR) is 132 cm³/mol. The van der Waals surface area contributed by atoms with Gasteiger partial charge in [-0.25, -0.2) is 4.99 Å². The number of halogens is 1.